The fourth-order valence-electron chi connectivity index (χ4n) is 2.11. The number of carbonyl (C=O) groups is 1. The summed E-state index contributed by atoms with van der Waals surface area (Å²) in [5.74, 6) is 1.19. The van der Waals surface area contributed by atoms with Crippen molar-refractivity contribution in [3.8, 4) is 0 Å². The highest BCUT2D eigenvalue weighted by molar-refractivity contribution is 5.94. The minimum atomic E-state index is 0.0494. The molecule has 1 amide bonds. The number of aryl methyl sites for hydroxylation is 1. The molecule has 1 fully saturated rings. The highest BCUT2D eigenvalue weighted by Crippen LogP contribution is 2.29. The third-order valence-electron chi connectivity index (χ3n) is 3.23. The summed E-state index contributed by atoms with van der Waals surface area (Å²) in [4.78, 5) is 18.3. The third-order valence-corrected chi connectivity index (χ3v) is 3.23. The number of carbonyl (C=O) groups excluding carboxylic acids is 1. The molecule has 0 saturated heterocycles. The number of rotatable bonds is 5. The zero-order valence-electron chi connectivity index (χ0n) is 11.1. The molecule has 0 atom stereocenters. The number of hydrogen-bond donors (Lipinski definition) is 1. The van der Waals surface area contributed by atoms with Gasteiger partial charge in [-0.05, 0) is 37.3 Å². The van der Waals surface area contributed by atoms with Gasteiger partial charge in [-0.15, -0.1) is 0 Å². The van der Waals surface area contributed by atoms with E-state index in [-0.39, 0.29) is 5.91 Å². The van der Waals surface area contributed by atoms with Crippen molar-refractivity contribution >= 4 is 11.7 Å². The van der Waals surface area contributed by atoms with Gasteiger partial charge in [0.2, 0.25) is 0 Å². The second-order valence-electron chi connectivity index (χ2n) is 5.15. The first kappa shape index (κ1) is 12.9. The van der Waals surface area contributed by atoms with Crippen LogP contribution >= 0.6 is 0 Å². The number of aromatic nitrogens is 1. The van der Waals surface area contributed by atoms with E-state index in [1.807, 2.05) is 13.1 Å². The first-order chi connectivity index (χ1) is 8.60. The predicted molar refractivity (Wildman–Crippen MR) is 72.3 cm³/mol. The van der Waals surface area contributed by atoms with Crippen LogP contribution in [0.4, 0.5) is 5.82 Å². The Morgan fingerprint density at radius 1 is 1.50 bits per heavy atom. The summed E-state index contributed by atoms with van der Waals surface area (Å²) in [7, 11) is 1.86. The summed E-state index contributed by atoms with van der Waals surface area (Å²) in [6, 6.07) is 3.54. The molecule has 1 aromatic rings. The molecule has 4 nitrogen and oxygen atoms in total. The van der Waals surface area contributed by atoms with Gasteiger partial charge < -0.3 is 10.6 Å². The van der Waals surface area contributed by atoms with E-state index in [1.165, 1.54) is 12.8 Å². The molecule has 0 radical (unpaired) electrons. The molecular formula is C14H21N3O. The molecule has 18 heavy (non-hydrogen) atoms. The molecule has 2 N–H and O–H groups in total. The van der Waals surface area contributed by atoms with E-state index in [1.54, 1.807) is 11.0 Å². The fraction of sp³-hybridized carbons (Fsp3) is 0.571. The van der Waals surface area contributed by atoms with Gasteiger partial charge in [-0.25, -0.2) is 4.98 Å². The Labute approximate surface area is 108 Å². The lowest BCUT2D eigenvalue weighted by molar-refractivity contribution is 0.0788. The van der Waals surface area contributed by atoms with E-state index in [0.717, 1.165) is 25.1 Å². The zero-order valence-corrected chi connectivity index (χ0v) is 11.1. The average Bonchev–Trinajstić information content (AvgIpc) is 3.11. The lowest BCUT2D eigenvalue weighted by Gasteiger charge is -2.17. The zero-order chi connectivity index (χ0) is 13.1. The predicted octanol–water partition coefficient (Wildman–Crippen LogP) is 2.10. The van der Waals surface area contributed by atoms with E-state index in [4.69, 9.17) is 5.73 Å². The molecule has 1 heterocycles. The normalized spacial score (nSPS) is 14.6. The Hall–Kier alpha value is -1.58. The minimum absolute atomic E-state index is 0.0494. The molecule has 0 aromatic carbocycles. The van der Waals surface area contributed by atoms with Gasteiger partial charge in [-0.1, -0.05) is 13.3 Å². The third kappa shape index (κ3) is 3.22. The second kappa shape index (κ2) is 5.38. The van der Waals surface area contributed by atoms with Crippen molar-refractivity contribution in [1.82, 2.24) is 9.88 Å². The lowest BCUT2D eigenvalue weighted by Crippen LogP contribution is -2.29. The number of pyridine rings is 1. The second-order valence-corrected chi connectivity index (χ2v) is 5.15. The topological polar surface area (TPSA) is 59.2 Å². The van der Waals surface area contributed by atoms with Gasteiger partial charge in [0.15, 0.2) is 0 Å². The first-order valence-electron chi connectivity index (χ1n) is 6.62. The fourth-order valence-corrected chi connectivity index (χ4v) is 2.11. The maximum absolute atomic E-state index is 12.3. The van der Waals surface area contributed by atoms with Crippen LogP contribution in [0.1, 0.15) is 42.2 Å². The van der Waals surface area contributed by atoms with E-state index in [2.05, 4.69) is 11.9 Å². The molecule has 98 valence electrons. The van der Waals surface area contributed by atoms with Crippen molar-refractivity contribution in [1.29, 1.82) is 0 Å². The quantitative estimate of drug-likeness (QED) is 0.866. The Morgan fingerprint density at radius 2 is 2.22 bits per heavy atom. The summed E-state index contributed by atoms with van der Waals surface area (Å²) < 4.78 is 0. The van der Waals surface area contributed by atoms with Gasteiger partial charge >= 0.3 is 0 Å². The maximum atomic E-state index is 12.3. The molecular weight excluding hydrogens is 226 g/mol. The smallest absolute Gasteiger partial charge is 0.253 e. The highest BCUT2D eigenvalue weighted by Gasteiger charge is 2.25. The number of anilines is 1. The summed E-state index contributed by atoms with van der Waals surface area (Å²) in [5.41, 5.74) is 7.32. The largest absolute Gasteiger partial charge is 0.384 e. The van der Waals surface area contributed by atoms with Crippen molar-refractivity contribution < 1.29 is 4.79 Å². The minimum Gasteiger partial charge on any atom is -0.384 e. The molecule has 2 rings (SSSR count). The van der Waals surface area contributed by atoms with Crippen LogP contribution < -0.4 is 5.73 Å². The number of nitrogens with zero attached hydrogens (tertiary/aromatic N) is 2. The van der Waals surface area contributed by atoms with Crippen LogP contribution in [0.5, 0.6) is 0 Å². The van der Waals surface area contributed by atoms with Crippen LogP contribution in [0.2, 0.25) is 0 Å². The maximum Gasteiger partial charge on any atom is 0.253 e. The lowest BCUT2D eigenvalue weighted by atomic mass is 10.1. The van der Waals surface area contributed by atoms with E-state index >= 15 is 0 Å². The molecule has 0 aliphatic heterocycles. The molecule has 4 heteroatoms. The standard InChI is InChI=1S/C14H21N3O/c1-3-4-12-7-11(8-13(15)16-12)14(18)17(2)9-10-5-6-10/h7-8,10H,3-6,9H2,1-2H3,(H2,15,16). The summed E-state index contributed by atoms with van der Waals surface area (Å²) in [6.07, 6.45) is 4.36. The van der Waals surface area contributed by atoms with Gasteiger partial charge in [-0.2, -0.15) is 0 Å². The van der Waals surface area contributed by atoms with Gasteiger partial charge in [-0.3, -0.25) is 4.79 Å². The Kier molecular flexibility index (Phi) is 3.84. The summed E-state index contributed by atoms with van der Waals surface area (Å²) in [6.45, 7) is 2.94. The van der Waals surface area contributed by atoms with E-state index < -0.39 is 0 Å². The van der Waals surface area contributed by atoms with Crippen LogP contribution in [0, 0.1) is 5.92 Å². The van der Waals surface area contributed by atoms with E-state index in [9.17, 15) is 4.79 Å². The van der Waals surface area contributed by atoms with Crippen molar-refractivity contribution in [2.24, 2.45) is 5.92 Å². The molecule has 1 aliphatic rings. The Balaban J connectivity index is 2.12. The van der Waals surface area contributed by atoms with Crippen molar-refractivity contribution in [2.75, 3.05) is 19.3 Å². The first-order valence-corrected chi connectivity index (χ1v) is 6.62. The number of amides is 1. The molecule has 0 bridgehead atoms. The van der Waals surface area contributed by atoms with Crippen LogP contribution in [-0.2, 0) is 6.42 Å². The summed E-state index contributed by atoms with van der Waals surface area (Å²) in [5, 5.41) is 0. The van der Waals surface area contributed by atoms with Gasteiger partial charge in [0, 0.05) is 24.8 Å². The van der Waals surface area contributed by atoms with Crippen LogP contribution in [0.25, 0.3) is 0 Å². The average molecular weight is 247 g/mol. The van der Waals surface area contributed by atoms with E-state index in [0.29, 0.717) is 17.3 Å². The van der Waals surface area contributed by atoms with Gasteiger partial charge in [0.05, 0.1) is 0 Å². The molecule has 1 saturated carbocycles. The highest BCUT2D eigenvalue weighted by atomic mass is 16.2. The van der Waals surface area contributed by atoms with Crippen molar-refractivity contribution in [2.45, 2.75) is 32.6 Å². The SMILES string of the molecule is CCCc1cc(C(=O)N(C)CC2CC2)cc(N)n1. The van der Waals surface area contributed by atoms with Gasteiger partial charge in [0.1, 0.15) is 5.82 Å². The molecule has 1 aliphatic carbocycles. The van der Waals surface area contributed by atoms with Crippen LogP contribution in [0.3, 0.4) is 0 Å². The monoisotopic (exact) mass is 247 g/mol. The Bertz CT molecular complexity index is 441. The molecule has 1 aromatic heterocycles. The number of hydrogen-bond acceptors (Lipinski definition) is 3. The van der Waals surface area contributed by atoms with Crippen molar-refractivity contribution in [3.05, 3.63) is 23.4 Å². The van der Waals surface area contributed by atoms with Crippen LogP contribution in [-0.4, -0.2) is 29.4 Å². The van der Waals surface area contributed by atoms with Gasteiger partial charge in [0.25, 0.3) is 5.91 Å². The molecule has 0 spiro atoms. The Morgan fingerprint density at radius 3 is 2.83 bits per heavy atom. The number of nitrogens with two attached hydrogens (primary N) is 1. The number of nitrogen functional groups attached to an aromatic ring is 1. The van der Waals surface area contributed by atoms with Crippen LogP contribution in [0.15, 0.2) is 12.1 Å². The summed E-state index contributed by atoms with van der Waals surface area (Å²) >= 11 is 0. The van der Waals surface area contributed by atoms with Crippen molar-refractivity contribution in [3.63, 3.8) is 0 Å². The molecule has 0 unspecified atom stereocenters.